The van der Waals surface area contributed by atoms with Crippen LogP contribution >= 0.6 is 11.3 Å². The Morgan fingerprint density at radius 2 is 2.08 bits per heavy atom. The minimum Gasteiger partial charge on any atom is -0.507 e. The highest BCUT2D eigenvalue weighted by Gasteiger charge is 2.05. The number of thiazole rings is 1. The molecule has 3 aromatic rings. The van der Waals surface area contributed by atoms with Gasteiger partial charge in [-0.1, -0.05) is 42.5 Å². The molecule has 122 valence electrons. The lowest BCUT2D eigenvalue weighted by atomic mass is 10.0. The molecule has 0 aliphatic carbocycles. The van der Waals surface area contributed by atoms with E-state index >= 15 is 0 Å². The molecule has 0 aliphatic rings. The van der Waals surface area contributed by atoms with E-state index in [1.165, 1.54) is 0 Å². The Kier molecular flexibility index (Phi) is 4.62. The fourth-order valence-electron chi connectivity index (χ4n) is 2.37. The smallest absolute Gasteiger partial charge is 0.206 e. The molecule has 4 nitrogen and oxygen atoms in total. The Labute approximate surface area is 144 Å². The summed E-state index contributed by atoms with van der Waals surface area (Å²) in [5.41, 5.74) is 2.71. The van der Waals surface area contributed by atoms with Gasteiger partial charge in [-0.15, -0.1) is 11.3 Å². The summed E-state index contributed by atoms with van der Waals surface area (Å²) >= 11 is 1.54. The lowest BCUT2D eigenvalue weighted by molar-refractivity contribution is 0.475. The molecule has 0 fully saturated rings. The molecule has 0 bridgehead atoms. The van der Waals surface area contributed by atoms with Gasteiger partial charge in [-0.3, -0.25) is 4.99 Å². The van der Waals surface area contributed by atoms with Crippen molar-refractivity contribution in [3.8, 4) is 5.75 Å². The number of hydrogen-bond acceptors (Lipinski definition) is 4. The van der Waals surface area contributed by atoms with E-state index in [4.69, 9.17) is 0 Å². The molecule has 0 unspecified atom stereocenters. The molecule has 1 aromatic heterocycles. The number of nitrogens with zero attached hydrogens (tertiary/aromatic N) is 3. The SMILES string of the molecule is C=C(C)CN=c1scc(C)n1N=Cc1c(O)ccc2ccccc12. The number of aromatic nitrogens is 1. The Balaban J connectivity index is 2.07. The van der Waals surface area contributed by atoms with Crippen LogP contribution in [0.5, 0.6) is 5.75 Å². The molecular formula is C19H19N3OS. The van der Waals surface area contributed by atoms with Gasteiger partial charge in [-0.25, -0.2) is 4.68 Å². The molecule has 0 saturated carbocycles. The molecule has 5 heteroatoms. The fraction of sp³-hybridized carbons (Fsp3) is 0.158. The molecule has 0 radical (unpaired) electrons. The number of aryl methyl sites for hydroxylation is 1. The van der Waals surface area contributed by atoms with Gasteiger partial charge in [0.2, 0.25) is 4.80 Å². The Morgan fingerprint density at radius 3 is 2.88 bits per heavy atom. The second-order valence-electron chi connectivity index (χ2n) is 5.71. The minimum atomic E-state index is 0.214. The van der Waals surface area contributed by atoms with Gasteiger partial charge in [0.15, 0.2) is 0 Å². The van der Waals surface area contributed by atoms with Crippen molar-refractivity contribution in [1.29, 1.82) is 0 Å². The van der Waals surface area contributed by atoms with Crippen molar-refractivity contribution in [1.82, 2.24) is 4.68 Å². The summed E-state index contributed by atoms with van der Waals surface area (Å²) < 4.78 is 1.79. The second-order valence-corrected chi connectivity index (χ2v) is 6.55. The van der Waals surface area contributed by atoms with Crippen molar-refractivity contribution in [2.45, 2.75) is 13.8 Å². The van der Waals surface area contributed by atoms with Crippen LogP contribution in [0.25, 0.3) is 10.8 Å². The number of phenols is 1. The first-order valence-electron chi connectivity index (χ1n) is 7.63. The lowest BCUT2D eigenvalue weighted by Gasteiger charge is -2.05. The summed E-state index contributed by atoms with van der Waals surface area (Å²) in [6.07, 6.45) is 1.69. The fourth-order valence-corrected chi connectivity index (χ4v) is 3.18. The van der Waals surface area contributed by atoms with Gasteiger partial charge in [0.1, 0.15) is 5.75 Å². The van der Waals surface area contributed by atoms with Crippen molar-refractivity contribution in [2.24, 2.45) is 10.1 Å². The number of benzene rings is 2. The summed E-state index contributed by atoms with van der Waals surface area (Å²) in [5.74, 6) is 0.214. The first-order chi connectivity index (χ1) is 11.6. The van der Waals surface area contributed by atoms with E-state index in [1.54, 1.807) is 28.3 Å². The molecule has 0 atom stereocenters. The van der Waals surface area contributed by atoms with Crippen LogP contribution in [0.4, 0.5) is 0 Å². The van der Waals surface area contributed by atoms with Crippen LogP contribution in [0.1, 0.15) is 18.2 Å². The standard InChI is InChI=1S/C19H19N3OS/c1-13(2)10-20-19-22(14(3)12-24-19)21-11-17-16-7-5-4-6-15(16)8-9-18(17)23/h4-9,11-12,23H,1,10H2,2-3H3. The number of fused-ring (bicyclic) bond motifs is 1. The third kappa shape index (κ3) is 3.31. The van der Waals surface area contributed by atoms with E-state index < -0.39 is 0 Å². The third-order valence-electron chi connectivity index (χ3n) is 3.58. The first kappa shape index (κ1) is 16.2. The zero-order valence-electron chi connectivity index (χ0n) is 13.7. The van der Waals surface area contributed by atoms with Gasteiger partial charge in [-0.2, -0.15) is 5.10 Å². The number of aromatic hydroxyl groups is 1. The molecule has 24 heavy (non-hydrogen) atoms. The predicted octanol–water partition coefficient (Wildman–Crippen LogP) is 4.08. The van der Waals surface area contributed by atoms with Gasteiger partial charge in [0.25, 0.3) is 0 Å². The molecule has 0 amide bonds. The predicted molar refractivity (Wildman–Crippen MR) is 101 cm³/mol. The molecule has 1 N–H and O–H groups in total. The van der Waals surface area contributed by atoms with E-state index in [2.05, 4.69) is 16.7 Å². The summed E-state index contributed by atoms with van der Waals surface area (Å²) in [6, 6.07) is 11.5. The second kappa shape index (κ2) is 6.84. The highest BCUT2D eigenvalue weighted by Crippen LogP contribution is 2.25. The highest BCUT2D eigenvalue weighted by atomic mass is 32.1. The van der Waals surface area contributed by atoms with Gasteiger partial charge in [0, 0.05) is 10.9 Å². The van der Waals surface area contributed by atoms with Gasteiger partial charge in [-0.05, 0) is 30.7 Å². The Morgan fingerprint density at radius 1 is 1.29 bits per heavy atom. The van der Waals surface area contributed by atoms with Crippen LogP contribution in [0, 0.1) is 6.92 Å². The monoisotopic (exact) mass is 337 g/mol. The Bertz CT molecular complexity index is 995. The maximum Gasteiger partial charge on any atom is 0.206 e. The third-order valence-corrected chi connectivity index (χ3v) is 4.56. The van der Waals surface area contributed by atoms with Crippen LogP contribution in [-0.4, -0.2) is 22.5 Å². The van der Waals surface area contributed by atoms with Crippen molar-refractivity contribution in [3.63, 3.8) is 0 Å². The first-order valence-corrected chi connectivity index (χ1v) is 8.51. The van der Waals surface area contributed by atoms with E-state index in [0.29, 0.717) is 12.1 Å². The van der Waals surface area contributed by atoms with E-state index in [-0.39, 0.29) is 5.75 Å². The number of rotatable bonds is 4. The summed E-state index contributed by atoms with van der Waals surface area (Å²) in [7, 11) is 0. The number of phenolic OH excluding ortho intramolecular Hbond substituents is 1. The average molecular weight is 337 g/mol. The van der Waals surface area contributed by atoms with Gasteiger partial charge >= 0.3 is 0 Å². The van der Waals surface area contributed by atoms with Gasteiger partial charge in [0.05, 0.1) is 18.5 Å². The Hall–Kier alpha value is -2.66. The largest absolute Gasteiger partial charge is 0.507 e. The molecule has 0 saturated heterocycles. The van der Waals surface area contributed by atoms with Crippen molar-refractivity contribution >= 4 is 28.3 Å². The summed E-state index contributed by atoms with van der Waals surface area (Å²) in [5, 5.41) is 18.8. The summed E-state index contributed by atoms with van der Waals surface area (Å²) in [6.45, 7) is 8.39. The van der Waals surface area contributed by atoms with E-state index in [9.17, 15) is 5.11 Å². The van der Waals surface area contributed by atoms with Crippen molar-refractivity contribution in [2.75, 3.05) is 6.54 Å². The highest BCUT2D eigenvalue weighted by molar-refractivity contribution is 7.07. The van der Waals surface area contributed by atoms with Gasteiger partial charge < -0.3 is 5.11 Å². The lowest BCUT2D eigenvalue weighted by Crippen LogP contribution is -2.13. The molecular weight excluding hydrogens is 318 g/mol. The van der Waals surface area contributed by atoms with E-state index in [1.807, 2.05) is 49.6 Å². The van der Waals surface area contributed by atoms with Crippen LogP contribution in [0.2, 0.25) is 0 Å². The average Bonchev–Trinajstić information content (AvgIpc) is 2.92. The molecule has 0 spiro atoms. The minimum absolute atomic E-state index is 0.214. The molecule has 0 aliphatic heterocycles. The molecule has 2 aromatic carbocycles. The van der Waals surface area contributed by atoms with Crippen molar-refractivity contribution < 1.29 is 5.11 Å². The molecule has 3 rings (SSSR count). The van der Waals surface area contributed by atoms with Crippen LogP contribution < -0.4 is 4.80 Å². The molecule has 1 heterocycles. The normalized spacial score (nSPS) is 12.3. The maximum absolute atomic E-state index is 10.2. The zero-order valence-corrected chi connectivity index (χ0v) is 14.5. The quantitative estimate of drug-likeness (QED) is 0.566. The maximum atomic E-state index is 10.2. The zero-order chi connectivity index (χ0) is 17.1. The van der Waals surface area contributed by atoms with Crippen LogP contribution in [0.3, 0.4) is 0 Å². The summed E-state index contributed by atoms with van der Waals surface area (Å²) in [4.78, 5) is 5.34. The topological polar surface area (TPSA) is 49.9 Å². The van der Waals surface area contributed by atoms with Crippen molar-refractivity contribution in [3.05, 3.63) is 70.0 Å². The van der Waals surface area contributed by atoms with Crippen LogP contribution in [-0.2, 0) is 0 Å². The van der Waals surface area contributed by atoms with Crippen LogP contribution in [0.15, 0.2) is 64.0 Å². The number of hydrogen-bond donors (Lipinski definition) is 1. The van der Waals surface area contributed by atoms with E-state index in [0.717, 1.165) is 26.8 Å².